The lowest BCUT2D eigenvalue weighted by Gasteiger charge is -2.22. The number of aliphatic hydroxyl groups is 2. The van der Waals surface area contributed by atoms with E-state index in [0.29, 0.717) is 25.9 Å². The maximum absolute atomic E-state index is 12.4. The largest absolute Gasteiger partial charge is 0.466 e. The van der Waals surface area contributed by atoms with Crippen LogP contribution in [0.4, 0.5) is 0 Å². The van der Waals surface area contributed by atoms with Crippen molar-refractivity contribution in [2.24, 2.45) is 0 Å². The Bertz CT molecular complexity index is 884. The van der Waals surface area contributed by atoms with Crippen molar-refractivity contribution in [1.29, 1.82) is 0 Å². The van der Waals surface area contributed by atoms with Crippen LogP contribution in [0.2, 0.25) is 0 Å². The molecule has 54 heavy (non-hydrogen) atoms. The molecule has 0 aromatic heterocycles. The molecule has 0 saturated carbocycles. The van der Waals surface area contributed by atoms with E-state index in [1.54, 1.807) is 0 Å². The number of hydrogen-bond acceptors (Lipinski definition) is 5. The third-order valence-electron chi connectivity index (χ3n) is 10.4. The summed E-state index contributed by atoms with van der Waals surface area (Å²) < 4.78 is 5.42. The number of esters is 1. The van der Waals surface area contributed by atoms with Crippen LogP contribution in [0, 0.1) is 0 Å². The van der Waals surface area contributed by atoms with Gasteiger partial charge in [-0.1, -0.05) is 179 Å². The lowest BCUT2D eigenvalue weighted by molar-refractivity contribution is -0.143. The minimum atomic E-state index is -0.695. The van der Waals surface area contributed by atoms with Gasteiger partial charge in [0.2, 0.25) is 5.91 Å². The molecule has 0 heterocycles. The van der Waals surface area contributed by atoms with Crippen molar-refractivity contribution in [2.75, 3.05) is 13.2 Å². The summed E-state index contributed by atoms with van der Waals surface area (Å²) in [5, 5.41) is 23.1. The molecule has 6 heteroatoms. The van der Waals surface area contributed by atoms with E-state index in [1.165, 1.54) is 116 Å². The van der Waals surface area contributed by atoms with Crippen molar-refractivity contribution in [3.05, 3.63) is 36.5 Å². The van der Waals surface area contributed by atoms with Crippen LogP contribution in [0.15, 0.2) is 36.5 Å². The van der Waals surface area contributed by atoms with Gasteiger partial charge in [-0.25, -0.2) is 0 Å². The van der Waals surface area contributed by atoms with Gasteiger partial charge in [0, 0.05) is 12.8 Å². The number of allylic oxidation sites excluding steroid dienone is 6. The smallest absolute Gasteiger partial charge is 0.305 e. The number of nitrogens with one attached hydrogen (secondary N) is 1. The van der Waals surface area contributed by atoms with E-state index in [0.717, 1.165) is 83.5 Å². The first-order chi connectivity index (χ1) is 26.5. The van der Waals surface area contributed by atoms with Gasteiger partial charge in [0.25, 0.3) is 0 Å². The third-order valence-corrected chi connectivity index (χ3v) is 10.4. The Morgan fingerprint density at radius 1 is 0.519 bits per heavy atom. The Hall–Kier alpha value is -1.92. The van der Waals surface area contributed by atoms with Crippen molar-refractivity contribution < 1.29 is 24.5 Å². The van der Waals surface area contributed by atoms with E-state index in [2.05, 4.69) is 55.6 Å². The van der Waals surface area contributed by atoms with Crippen LogP contribution in [0.25, 0.3) is 0 Å². The zero-order chi connectivity index (χ0) is 39.4. The molecule has 0 aliphatic carbocycles. The van der Waals surface area contributed by atoms with E-state index in [4.69, 9.17) is 4.74 Å². The topological polar surface area (TPSA) is 95.9 Å². The van der Waals surface area contributed by atoms with Gasteiger partial charge >= 0.3 is 5.97 Å². The minimum Gasteiger partial charge on any atom is -0.466 e. The fourth-order valence-corrected chi connectivity index (χ4v) is 6.79. The van der Waals surface area contributed by atoms with Crippen LogP contribution in [0.5, 0.6) is 0 Å². The summed E-state index contributed by atoms with van der Waals surface area (Å²) >= 11 is 0. The Balaban J connectivity index is 3.57. The second-order valence-corrected chi connectivity index (χ2v) is 15.7. The molecule has 2 atom stereocenters. The molecule has 6 nitrogen and oxygen atoms in total. The molecule has 0 fully saturated rings. The van der Waals surface area contributed by atoms with Gasteiger partial charge in [-0.3, -0.25) is 9.59 Å². The van der Waals surface area contributed by atoms with Gasteiger partial charge in [-0.15, -0.1) is 0 Å². The first-order valence-electron chi connectivity index (χ1n) is 23.2. The summed E-state index contributed by atoms with van der Waals surface area (Å²) in [6.45, 7) is 4.81. The molecular weight excluding hydrogens is 671 g/mol. The molecular formula is C48H89NO5. The average Bonchev–Trinajstić information content (AvgIpc) is 3.17. The number of carbonyl (C=O) groups is 2. The summed E-state index contributed by atoms with van der Waals surface area (Å²) in [5.74, 6) is -0.149. The average molecular weight is 760 g/mol. The van der Waals surface area contributed by atoms with E-state index in [9.17, 15) is 19.8 Å². The maximum atomic E-state index is 12.4. The predicted molar refractivity (Wildman–Crippen MR) is 232 cm³/mol. The lowest BCUT2D eigenvalue weighted by atomic mass is 10.0. The molecule has 3 N–H and O–H groups in total. The molecule has 0 saturated heterocycles. The van der Waals surface area contributed by atoms with E-state index < -0.39 is 12.1 Å². The van der Waals surface area contributed by atoms with Crippen molar-refractivity contribution in [1.82, 2.24) is 5.32 Å². The molecule has 0 aliphatic heterocycles. The molecule has 0 radical (unpaired) electrons. The Labute approximate surface area is 334 Å². The molecule has 1 amide bonds. The Morgan fingerprint density at radius 2 is 0.944 bits per heavy atom. The lowest BCUT2D eigenvalue weighted by Crippen LogP contribution is -2.45. The van der Waals surface area contributed by atoms with Gasteiger partial charge in [-0.05, 0) is 77.0 Å². The predicted octanol–water partition coefficient (Wildman–Crippen LogP) is 13.3. The van der Waals surface area contributed by atoms with Crippen LogP contribution < -0.4 is 5.32 Å². The highest BCUT2D eigenvalue weighted by Gasteiger charge is 2.19. The second-order valence-electron chi connectivity index (χ2n) is 15.7. The number of aliphatic hydroxyl groups excluding tert-OH is 2. The number of unbranched alkanes of at least 4 members (excludes halogenated alkanes) is 25. The number of carbonyl (C=O) groups excluding carboxylic acids is 2. The number of hydrogen-bond donors (Lipinski definition) is 3. The number of amides is 1. The van der Waals surface area contributed by atoms with Crippen LogP contribution in [-0.2, 0) is 14.3 Å². The standard InChI is InChI=1S/C48H89NO5/c1-3-5-7-9-11-13-15-17-18-19-20-22-26-30-34-38-42-48(53)54-43-39-35-31-27-23-25-29-33-37-41-47(52)49-45(44-50)46(51)40-36-32-28-24-21-16-14-12-10-8-6-4-2/h13,15,18-19,25,29,45-46,50-51H,3-12,14,16-17,20-24,26-28,30-44H2,1-2H3,(H,49,52)/b15-13-,19-18-,29-25-. The Kier molecular flexibility index (Phi) is 42.2. The zero-order valence-corrected chi connectivity index (χ0v) is 35.7. The monoisotopic (exact) mass is 760 g/mol. The molecule has 0 bridgehead atoms. The summed E-state index contributed by atoms with van der Waals surface area (Å²) in [6, 6.07) is -0.579. The van der Waals surface area contributed by atoms with Gasteiger partial charge in [-0.2, -0.15) is 0 Å². The summed E-state index contributed by atoms with van der Waals surface area (Å²) in [6.07, 6.45) is 51.0. The quantitative estimate of drug-likeness (QED) is 0.0327. The normalized spacial score (nSPS) is 13.0. The number of rotatable bonds is 42. The molecule has 0 aromatic carbocycles. The SMILES string of the molecule is CCCCCC/C=C\C/C=C\CCCCCCCC(=O)OCCCCCC/C=C\CCCC(=O)NC(CO)C(O)CCCCCCCCCCCCCC. The highest BCUT2D eigenvalue weighted by atomic mass is 16.5. The summed E-state index contributed by atoms with van der Waals surface area (Å²) in [5.41, 5.74) is 0. The molecule has 0 aliphatic rings. The van der Waals surface area contributed by atoms with Crippen LogP contribution in [0.1, 0.15) is 232 Å². The molecule has 2 unspecified atom stereocenters. The van der Waals surface area contributed by atoms with Crippen molar-refractivity contribution >= 4 is 11.9 Å². The molecule has 0 aromatic rings. The third kappa shape index (κ3) is 39.8. The van der Waals surface area contributed by atoms with Crippen molar-refractivity contribution in [2.45, 2.75) is 244 Å². The summed E-state index contributed by atoms with van der Waals surface area (Å²) in [4.78, 5) is 24.4. The molecule has 316 valence electrons. The van der Waals surface area contributed by atoms with Gasteiger partial charge in [0.05, 0.1) is 25.4 Å². The molecule has 0 spiro atoms. The van der Waals surface area contributed by atoms with Gasteiger partial charge in [0.15, 0.2) is 0 Å². The molecule has 0 rings (SSSR count). The highest BCUT2D eigenvalue weighted by molar-refractivity contribution is 5.76. The van der Waals surface area contributed by atoms with E-state index >= 15 is 0 Å². The fourth-order valence-electron chi connectivity index (χ4n) is 6.79. The first kappa shape index (κ1) is 52.1. The van der Waals surface area contributed by atoms with Crippen molar-refractivity contribution in [3.63, 3.8) is 0 Å². The van der Waals surface area contributed by atoms with Gasteiger partial charge in [0.1, 0.15) is 0 Å². The maximum Gasteiger partial charge on any atom is 0.305 e. The summed E-state index contributed by atoms with van der Waals surface area (Å²) in [7, 11) is 0. The van der Waals surface area contributed by atoms with E-state index in [-0.39, 0.29) is 18.5 Å². The first-order valence-corrected chi connectivity index (χ1v) is 23.2. The van der Waals surface area contributed by atoms with Gasteiger partial charge < -0.3 is 20.3 Å². The van der Waals surface area contributed by atoms with Crippen LogP contribution in [0.3, 0.4) is 0 Å². The second kappa shape index (κ2) is 43.8. The fraction of sp³-hybridized carbons (Fsp3) is 0.833. The number of ether oxygens (including phenoxy) is 1. The van der Waals surface area contributed by atoms with Crippen molar-refractivity contribution in [3.8, 4) is 0 Å². The Morgan fingerprint density at radius 3 is 1.48 bits per heavy atom. The van der Waals surface area contributed by atoms with Crippen LogP contribution >= 0.6 is 0 Å². The van der Waals surface area contributed by atoms with Crippen LogP contribution in [-0.4, -0.2) is 47.4 Å². The minimum absolute atomic E-state index is 0.0501. The highest BCUT2D eigenvalue weighted by Crippen LogP contribution is 2.15. The van der Waals surface area contributed by atoms with E-state index in [1.807, 2.05) is 0 Å². The zero-order valence-electron chi connectivity index (χ0n) is 35.7.